The molecule has 0 unspecified atom stereocenters. The highest BCUT2D eigenvalue weighted by atomic mass is 35.5. The summed E-state index contributed by atoms with van der Waals surface area (Å²) in [5, 5.41) is 3.27. The number of carbonyl (C=O) groups is 2. The molecule has 0 bridgehead atoms. The van der Waals surface area contributed by atoms with Crippen LogP contribution in [0.5, 0.6) is 0 Å². The molecule has 0 aliphatic rings. The molecule has 4 aromatic rings. The second-order valence-corrected chi connectivity index (χ2v) is 7.22. The van der Waals surface area contributed by atoms with Gasteiger partial charge in [-0.2, -0.15) is 0 Å². The molecule has 0 radical (unpaired) electrons. The lowest BCUT2D eigenvalue weighted by atomic mass is 10.0. The van der Waals surface area contributed by atoms with Gasteiger partial charge in [-0.25, -0.2) is 4.98 Å². The maximum absolute atomic E-state index is 13.0. The van der Waals surface area contributed by atoms with E-state index in [0.717, 1.165) is 11.1 Å². The van der Waals surface area contributed by atoms with Gasteiger partial charge in [0.25, 0.3) is 5.91 Å². The molecule has 7 nitrogen and oxygen atoms in total. The first-order chi connectivity index (χ1) is 14.5. The van der Waals surface area contributed by atoms with Crippen molar-refractivity contribution in [1.82, 2.24) is 20.3 Å². The quantitative estimate of drug-likeness (QED) is 0.445. The highest BCUT2D eigenvalue weighted by Gasteiger charge is 2.22. The molecule has 0 saturated carbocycles. The average Bonchev–Trinajstić information content (AvgIpc) is 3.18. The molecule has 30 heavy (non-hydrogen) atoms. The molecule has 2 aromatic carbocycles. The SMILES string of the molecule is NC(=O)[C@H](Cc1cccc(Cl)c1)NC(=O)c1cccc2[nH]c(-c3ccncc3)nc12. The molecule has 0 fully saturated rings. The smallest absolute Gasteiger partial charge is 0.254 e. The molecule has 0 aliphatic heterocycles. The van der Waals surface area contributed by atoms with E-state index in [4.69, 9.17) is 17.3 Å². The van der Waals surface area contributed by atoms with E-state index in [-0.39, 0.29) is 6.42 Å². The van der Waals surface area contributed by atoms with Gasteiger partial charge in [-0.05, 0) is 42.0 Å². The van der Waals surface area contributed by atoms with Crippen LogP contribution in [0.4, 0.5) is 0 Å². The number of hydrogen-bond donors (Lipinski definition) is 3. The van der Waals surface area contributed by atoms with Gasteiger partial charge in [0.2, 0.25) is 5.91 Å². The number of amides is 2. The average molecular weight is 420 g/mol. The standard InChI is InChI=1S/C22H18ClN5O2/c23-15-4-1-3-13(11-15)12-18(20(24)29)27-22(30)16-5-2-6-17-19(16)28-21(26-17)14-7-9-25-10-8-14/h1-11,18H,12H2,(H2,24,29)(H,26,28)(H,27,30)/t18-/m0/s1. The molecule has 8 heteroatoms. The molecule has 4 rings (SSSR count). The number of H-pyrrole nitrogens is 1. The summed E-state index contributed by atoms with van der Waals surface area (Å²) in [6.07, 6.45) is 3.58. The number of pyridine rings is 1. The lowest BCUT2D eigenvalue weighted by Gasteiger charge is -2.16. The van der Waals surface area contributed by atoms with Crippen LogP contribution in [0.1, 0.15) is 15.9 Å². The minimum absolute atomic E-state index is 0.237. The van der Waals surface area contributed by atoms with E-state index in [1.165, 1.54) is 0 Å². The first-order valence-corrected chi connectivity index (χ1v) is 9.63. The minimum Gasteiger partial charge on any atom is -0.368 e. The fourth-order valence-corrected chi connectivity index (χ4v) is 3.43. The largest absolute Gasteiger partial charge is 0.368 e. The monoisotopic (exact) mass is 419 g/mol. The molecule has 1 atom stereocenters. The molecule has 2 aromatic heterocycles. The van der Waals surface area contributed by atoms with E-state index in [0.29, 0.717) is 27.4 Å². The first kappa shape index (κ1) is 19.6. The number of benzene rings is 2. The van der Waals surface area contributed by atoms with Crippen molar-refractivity contribution in [3.8, 4) is 11.4 Å². The zero-order chi connectivity index (χ0) is 21.1. The number of primary amides is 1. The Balaban J connectivity index is 1.61. The molecule has 150 valence electrons. The van der Waals surface area contributed by atoms with Crippen LogP contribution in [0, 0.1) is 0 Å². The third kappa shape index (κ3) is 4.16. The van der Waals surface area contributed by atoms with E-state index < -0.39 is 17.9 Å². The maximum atomic E-state index is 13.0. The predicted molar refractivity (Wildman–Crippen MR) is 115 cm³/mol. The van der Waals surface area contributed by atoms with Crippen LogP contribution >= 0.6 is 11.6 Å². The summed E-state index contributed by atoms with van der Waals surface area (Å²) in [7, 11) is 0. The molecule has 0 saturated heterocycles. The molecule has 2 heterocycles. The summed E-state index contributed by atoms with van der Waals surface area (Å²) in [5.74, 6) is -0.438. The molecule has 0 spiro atoms. The molecule has 4 N–H and O–H groups in total. The molecule has 2 amide bonds. The van der Waals surface area contributed by atoms with E-state index in [9.17, 15) is 9.59 Å². The first-order valence-electron chi connectivity index (χ1n) is 9.25. The zero-order valence-electron chi connectivity index (χ0n) is 15.8. The number of rotatable bonds is 6. The Hall–Kier alpha value is -3.71. The van der Waals surface area contributed by atoms with Crippen molar-refractivity contribution in [2.24, 2.45) is 5.73 Å². The van der Waals surface area contributed by atoms with Gasteiger partial charge in [0.1, 0.15) is 17.4 Å². The predicted octanol–water partition coefficient (Wildman–Crippen LogP) is 3.10. The lowest BCUT2D eigenvalue weighted by Crippen LogP contribution is -2.45. The van der Waals surface area contributed by atoms with Gasteiger partial charge in [0, 0.05) is 29.4 Å². The number of imidazole rings is 1. The van der Waals surface area contributed by atoms with Gasteiger partial charge >= 0.3 is 0 Å². The molecular formula is C22H18ClN5O2. The Kier molecular flexibility index (Phi) is 5.45. The lowest BCUT2D eigenvalue weighted by molar-refractivity contribution is -0.119. The van der Waals surface area contributed by atoms with Crippen molar-refractivity contribution >= 4 is 34.4 Å². The number of nitrogens with zero attached hydrogens (tertiary/aromatic N) is 2. The Morgan fingerprint density at radius 2 is 1.87 bits per heavy atom. The summed E-state index contributed by atoms with van der Waals surface area (Å²) in [4.78, 5) is 36.7. The number of fused-ring (bicyclic) bond motifs is 1. The van der Waals surface area contributed by atoms with E-state index in [1.807, 2.05) is 24.3 Å². The number of aromatic nitrogens is 3. The topological polar surface area (TPSA) is 114 Å². The van der Waals surface area contributed by atoms with Crippen LogP contribution in [0.3, 0.4) is 0 Å². The fraction of sp³-hybridized carbons (Fsp3) is 0.0909. The van der Waals surface area contributed by atoms with Crippen LogP contribution in [0.25, 0.3) is 22.4 Å². The van der Waals surface area contributed by atoms with Crippen LogP contribution in [-0.2, 0) is 11.2 Å². The number of nitrogens with one attached hydrogen (secondary N) is 2. The van der Waals surface area contributed by atoms with E-state index in [1.54, 1.807) is 42.7 Å². The van der Waals surface area contributed by atoms with Gasteiger partial charge in [-0.1, -0.05) is 29.8 Å². The van der Waals surface area contributed by atoms with Crippen molar-refractivity contribution in [2.45, 2.75) is 12.5 Å². The highest BCUT2D eigenvalue weighted by molar-refractivity contribution is 6.30. The van der Waals surface area contributed by atoms with E-state index in [2.05, 4.69) is 20.3 Å². The summed E-state index contributed by atoms with van der Waals surface area (Å²) in [6.45, 7) is 0. The van der Waals surface area contributed by atoms with Crippen molar-refractivity contribution in [2.75, 3.05) is 0 Å². The number of halogens is 1. The number of nitrogens with two attached hydrogens (primary N) is 1. The Morgan fingerprint density at radius 3 is 2.60 bits per heavy atom. The Morgan fingerprint density at radius 1 is 1.10 bits per heavy atom. The summed E-state index contributed by atoms with van der Waals surface area (Å²) >= 11 is 6.01. The Bertz CT molecular complexity index is 1220. The summed E-state index contributed by atoms with van der Waals surface area (Å²) in [5.41, 5.74) is 8.74. The summed E-state index contributed by atoms with van der Waals surface area (Å²) in [6, 6.07) is 15.1. The van der Waals surface area contributed by atoms with Gasteiger partial charge in [-0.15, -0.1) is 0 Å². The van der Waals surface area contributed by atoms with E-state index >= 15 is 0 Å². The number of aromatic amines is 1. The third-order valence-corrected chi connectivity index (χ3v) is 4.92. The van der Waals surface area contributed by atoms with Crippen LogP contribution in [0.15, 0.2) is 67.0 Å². The number of hydrogen-bond acceptors (Lipinski definition) is 4. The van der Waals surface area contributed by atoms with Crippen molar-refractivity contribution in [1.29, 1.82) is 0 Å². The summed E-state index contributed by atoms with van der Waals surface area (Å²) < 4.78 is 0. The maximum Gasteiger partial charge on any atom is 0.254 e. The van der Waals surface area contributed by atoms with Crippen molar-refractivity contribution in [3.63, 3.8) is 0 Å². The van der Waals surface area contributed by atoms with Crippen LogP contribution in [0.2, 0.25) is 5.02 Å². The minimum atomic E-state index is -0.884. The second-order valence-electron chi connectivity index (χ2n) is 6.79. The van der Waals surface area contributed by atoms with Crippen molar-refractivity contribution < 1.29 is 9.59 Å². The Labute approximate surface area is 177 Å². The van der Waals surface area contributed by atoms with Crippen LogP contribution < -0.4 is 11.1 Å². The van der Waals surface area contributed by atoms with Gasteiger partial charge in [0.15, 0.2) is 0 Å². The fourth-order valence-electron chi connectivity index (χ4n) is 3.22. The highest BCUT2D eigenvalue weighted by Crippen LogP contribution is 2.22. The second kappa shape index (κ2) is 8.34. The normalized spacial score (nSPS) is 11.9. The molecular weight excluding hydrogens is 402 g/mol. The number of carbonyl (C=O) groups excluding carboxylic acids is 2. The van der Waals surface area contributed by atoms with Gasteiger partial charge in [0.05, 0.1) is 11.1 Å². The third-order valence-electron chi connectivity index (χ3n) is 4.69. The van der Waals surface area contributed by atoms with Crippen molar-refractivity contribution in [3.05, 3.63) is 83.1 Å². The van der Waals surface area contributed by atoms with Gasteiger partial charge in [-0.3, -0.25) is 14.6 Å². The van der Waals surface area contributed by atoms with Gasteiger partial charge < -0.3 is 16.0 Å². The molecule has 0 aliphatic carbocycles. The zero-order valence-corrected chi connectivity index (χ0v) is 16.6. The number of para-hydroxylation sites is 1. The van der Waals surface area contributed by atoms with Crippen LogP contribution in [-0.4, -0.2) is 32.8 Å².